The van der Waals surface area contributed by atoms with Gasteiger partial charge in [0, 0.05) is 19.0 Å². The van der Waals surface area contributed by atoms with Crippen molar-refractivity contribution >= 4 is 28.9 Å². The Kier molecular flexibility index (Phi) is 8.24. The molecule has 2 fully saturated rings. The quantitative estimate of drug-likeness (QED) is 0.149. The van der Waals surface area contributed by atoms with Crippen molar-refractivity contribution in [3.8, 4) is 0 Å². The van der Waals surface area contributed by atoms with Gasteiger partial charge in [-0.05, 0) is 75.2 Å². The molecule has 206 valence electrons. The Morgan fingerprint density at radius 1 is 1.13 bits per heavy atom. The Labute approximate surface area is 229 Å². The summed E-state index contributed by atoms with van der Waals surface area (Å²) in [6, 6.07) is 10.6. The van der Waals surface area contributed by atoms with E-state index in [1.807, 2.05) is 6.07 Å². The number of anilines is 1. The smallest absolute Gasteiger partial charge is 0.410 e. The molecular formula is C30H39N7O2. The Hall–Kier alpha value is -3.75. The largest absolute Gasteiger partial charge is 0.465 e. The molecular weight excluding hydrogens is 490 g/mol. The minimum atomic E-state index is -1.31. The number of benzene rings is 1. The number of rotatable bonds is 10. The fraction of sp³-hybridized carbons (Fsp3) is 0.500. The van der Waals surface area contributed by atoms with Gasteiger partial charge in [0.05, 0.1) is 0 Å². The summed E-state index contributed by atoms with van der Waals surface area (Å²) >= 11 is 0. The van der Waals surface area contributed by atoms with Gasteiger partial charge in [0.15, 0.2) is 23.1 Å². The summed E-state index contributed by atoms with van der Waals surface area (Å²) in [5.41, 5.74) is 2.60. The van der Waals surface area contributed by atoms with Gasteiger partial charge in [-0.3, -0.25) is 10.7 Å². The Morgan fingerprint density at radius 3 is 2.51 bits per heavy atom. The zero-order valence-electron chi connectivity index (χ0n) is 22.7. The minimum absolute atomic E-state index is 0.0268. The van der Waals surface area contributed by atoms with Crippen LogP contribution in [0, 0.1) is 23.2 Å². The molecule has 1 amide bonds. The minimum Gasteiger partial charge on any atom is -0.465 e. The lowest BCUT2D eigenvalue weighted by molar-refractivity contribution is 0.200. The summed E-state index contributed by atoms with van der Waals surface area (Å²) in [4.78, 5) is 25.5. The number of aromatic nitrogens is 4. The Balaban J connectivity index is 1.54. The molecule has 1 aromatic carbocycles. The number of imidazole rings is 1. The van der Waals surface area contributed by atoms with Crippen LogP contribution in [0.25, 0.3) is 11.2 Å². The molecule has 2 saturated carbocycles. The van der Waals surface area contributed by atoms with Crippen molar-refractivity contribution in [1.29, 1.82) is 5.41 Å². The number of hydrogen-bond donors (Lipinski definition) is 4. The van der Waals surface area contributed by atoms with E-state index in [1.165, 1.54) is 24.8 Å². The first-order valence-electron chi connectivity index (χ1n) is 14.2. The molecule has 0 aliphatic heterocycles. The van der Waals surface area contributed by atoms with E-state index in [4.69, 9.17) is 15.4 Å². The van der Waals surface area contributed by atoms with Crippen molar-refractivity contribution < 1.29 is 9.90 Å². The molecule has 0 spiro atoms. The van der Waals surface area contributed by atoms with Crippen LogP contribution in [0.3, 0.4) is 0 Å². The molecule has 0 unspecified atom stereocenters. The van der Waals surface area contributed by atoms with Gasteiger partial charge in [-0.1, -0.05) is 42.8 Å². The number of fused-ring (bicyclic) bond motifs is 1. The zero-order valence-corrected chi connectivity index (χ0v) is 22.7. The molecule has 2 aliphatic carbocycles. The van der Waals surface area contributed by atoms with E-state index in [1.54, 1.807) is 0 Å². The Morgan fingerprint density at radius 2 is 1.87 bits per heavy atom. The van der Waals surface area contributed by atoms with Crippen LogP contribution in [0.2, 0.25) is 0 Å². The molecule has 9 heteroatoms. The number of nitrogens with zero attached hydrogens (tertiary/aromatic N) is 4. The molecule has 2 aliphatic rings. The predicted octanol–water partition coefficient (Wildman–Crippen LogP) is 5.80. The highest BCUT2D eigenvalue weighted by Gasteiger charge is 2.28. The third-order valence-electron chi connectivity index (χ3n) is 8.50. The number of hydrogen-bond acceptors (Lipinski definition) is 6. The molecule has 39 heavy (non-hydrogen) atoms. The van der Waals surface area contributed by atoms with Crippen molar-refractivity contribution in [2.75, 3.05) is 5.32 Å². The van der Waals surface area contributed by atoms with Crippen LogP contribution in [0.4, 0.5) is 10.6 Å². The molecule has 0 saturated heterocycles. The summed E-state index contributed by atoms with van der Waals surface area (Å²) < 4.78 is 2.30. The fourth-order valence-corrected chi connectivity index (χ4v) is 5.88. The standard InChI is InChI=1S/C30H39N7O2/c1-3-20-12-14-22(15-13-20)18-37-24(17-16-21-8-5-4-6-9-21)33-28-25(37)27(32-19(2)23-10-7-11-23)35-29(36-28)26(31)34-30(38)39/h3-6,8-9,19-20,22-23H,1,7,10-18H2,2H3,(H2,31,34)(H,38,39)(H,32,35,36)/t19-,20?,22?/m1/s1. The second-order valence-electron chi connectivity index (χ2n) is 11.1. The van der Waals surface area contributed by atoms with Gasteiger partial charge >= 0.3 is 6.09 Å². The lowest BCUT2D eigenvalue weighted by atomic mass is 9.80. The normalized spacial score (nSPS) is 20.2. The van der Waals surface area contributed by atoms with E-state index in [-0.39, 0.29) is 17.7 Å². The maximum atomic E-state index is 11.2. The number of amides is 1. The summed E-state index contributed by atoms with van der Waals surface area (Å²) in [6.07, 6.45) is 10.6. The van der Waals surface area contributed by atoms with Gasteiger partial charge in [0.2, 0.25) is 0 Å². The van der Waals surface area contributed by atoms with E-state index in [9.17, 15) is 9.90 Å². The number of amidine groups is 1. The van der Waals surface area contributed by atoms with E-state index >= 15 is 0 Å². The van der Waals surface area contributed by atoms with Gasteiger partial charge in [-0.15, -0.1) is 6.58 Å². The maximum Gasteiger partial charge on any atom is 0.410 e. The van der Waals surface area contributed by atoms with Crippen molar-refractivity contribution in [2.45, 2.75) is 77.3 Å². The molecule has 1 atom stereocenters. The summed E-state index contributed by atoms with van der Waals surface area (Å²) in [5.74, 6) is 2.94. The van der Waals surface area contributed by atoms with Crippen LogP contribution in [0.15, 0.2) is 43.0 Å². The lowest BCUT2D eigenvalue weighted by Crippen LogP contribution is -2.33. The Bertz CT molecular complexity index is 1320. The van der Waals surface area contributed by atoms with E-state index in [2.05, 4.69) is 64.0 Å². The first-order valence-corrected chi connectivity index (χ1v) is 14.2. The third kappa shape index (κ3) is 6.29. The summed E-state index contributed by atoms with van der Waals surface area (Å²) in [6.45, 7) is 7.01. The van der Waals surface area contributed by atoms with E-state index in [0.29, 0.717) is 29.2 Å². The van der Waals surface area contributed by atoms with Crippen molar-refractivity contribution in [3.63, 3.8) is 0 Å². The van der Waals surface area contributed by atoms with Crippen LogP contribution < -0.4 is 10.6 Å². The molecule has 0 radical (unpaired) electrons. The van der Waals surface area contributed by atoms with Gasteiger partial charge in [-0.25, -0.2) is 19.7 Å². The van der Waals surface area contributed by atoms with Gasteiger partial charge in [0.1, 0.15) is 11.3 Å². The van der Waals surface area contributed by atoms with Crippen LogP contribution in [0.5, 0.6) is 0 Å². The second-order valence-corrected chi connectivity index (χ2v) is 11.1. The summed E-state index contributed by atoms with van der Waals surface area (Å²) in [7, 11) is 0. The zero-order chi connectivity index (χ0) is 27.4. The molecule has 4 N–H and O–H groups in total. The number of nitrogens with one attached hydrogen (secondary N) is 3. The van der Waals surface area contributed by atoms with E-state index < -0.39 is 6.09 Å². The molecule has 5 rings (SSSR count). The number of carboxylic acid groups (broad SMARTS) is 1. The van der Waals surface area contributed by atoms with Crippen LogP contribution >= 0.6 is 0 Å². The molecule has 3 aromatic rings. The van der Waals surface area contributed by atoms with Gasteiger partial charge in [-0.2, -0.15) is 0 Å². The first kappa shape index (κ1) is 26.8. The molecule has 9 nitrogen and oxygen atoms in total. The third-order valence-corrected chi connectivity index (χ3v) is 8.50. The van der Waals surface area contributed by atoms with E-state index in [0.717, 1.165) is 56.4 Å². The predicted molar refractivity (Wildman–Crippen MR) is 153 cm³/mol. The van der Waals surface area contributed by atoms with Crippen molar-refractivity contribution in [3.05, 3.63) is 60.2 Å². The van der Waals surface area contributed by atoms with Crippen LogP contribution in [-0.4, -0.2) is 42.6 Å². The summed E-state index contributed by atoms with van der Waals surface area (Å²) in [5, 5.41) is 23.2. The topological polar surface area (TPSA) is 129 Å². The number of allylic oxidation sites excluding steroid dienone is 1. The lowest BCUT2D eigenvalue weighted by Gasteiger charge is -2.32. The highest BCUT2D eigenvalue weighted by molar-refractivity contribution is 6.03. The number of carbonyl (C=O) groups is 1. The first-order chi connectivity index (χ1) is 18.9. The number of aryl methyl sites for hydroxylation is 2. The van der Waals surface area contributed by atoms with Crippen molar-refractivity contribution in [2.24, 2.45) is 17.8 Å². The second kappa shape index (κ2) is 12.0. The SMILES string of the molecule is C=CC1CCC(Cn2c(CCc3ccccc3)nc3nc(C(=N)NC(=O)O)nc(N[C@H](C)C4CCC4)c32)CC1. The van der Waals surface area contributed by atoms with Crippen LogP contribution in [0.1, 0.15) is 69.1 Å². The highest BCUT2D eigenvalue weighted by atomic mass is 16.4. The molecule has 2 heterocycles. The van der Waals surface area contributed by atoms with Crippen molar-refractivity contribution in [1.82, 2.24) is 24.8 Å². The fourth-order valence-electron chi connectivity index (χ4n) is 5.88. The molecule has 2 aromatic heterocycles. The van der Waals surface area contributed by atoms with Gasteiger partial charge < -0.3 is 15.0 Å². The van der Waals surface area contributed by atoms with Gasteiger partial charge in [0.25, 0.3) is 0 Å². The monoisotopic (exact) mass is 529 g/mol. The highest BCUT2D eigenvalue weighted by Crippen LogP contribution is 2.35. The molecule has 0 bridgehead atoms. The average molecular weight is 530 g/mol. The maximum absolute atomic E-state index is 11.2. The van der Waals surface area contributed by atoms with Crippen LogP contribution in [-0.2, 0) is 19.4 Å². The average Bonchev–Trinajstić information content (AvgIpc) is 3.24.